The van der Waals surface area contributed by atoms with Crippen LogP contribution in [-0.4, -0.2) is 34.6 Å². The first-order valence-corrected chi connectivity index (χ1v) is 7.78. The number of carbonyl (C=O) groups excluding carboxylic acids is 2. The summed E-state index contributed by atoms with van der Waals surface area (Å²) in [6, 6.07) is 4.73. The highest BCUT2D eigenvalue weighted by Gasteiger charge is 2.23. The lowest BCUT2D eigenvalue weighted by atomic mass is 10.2. The Labute approximate surface area is 144 Å². The molecule has 1 aromatic carbocycles. The molecule has 0 fully saturated rings. The number of ether oxygens (including phenoxy) is 3. The number of fused-ring (bicyclic) bond motifs is 1. The van der Waals surface area contributed by atoms with Crippen molar-refractivity contribution >= 4 is 17.6 Å². The molecule has 2 aromatic rings. The van der Waals surface area contributed by atoms with E-state index in [1.165, 1.54) is 13.0 Å². The molecule has 8 heteroatoms. The Morgan fingerprint density at radius 3 is 2.68 bits per heavy atom. The highest BCUT2D eigenvalue weighted by Crippen LogP contribution is 2.32. The summed E-state index contributed by atoms with van der Waals surface area (Å²) in [5.41, 5.74) is 2.43. The van der Waals surface area contributed by atoms with Crippen molar-refractivity contribution in [1.29, 1.82) is 0 Å². The van der Waals surface area contributed by atoms with E-state index in [4.69, 9.17) is 14.2 Å². The predicted molar refractivity (Wildman–Crippen MR) is 88.8 cm³/mol. The third-order valence-corrected chi connectivity index (χ3v) is 4.02. The molecule has 1 atom stereocenters. The average Bonchev–Trinajstić information content (AvgIpc) is 3.14. The van der Waals surface area contributed by atoms with Crippen LogP contribution >= 0.6 is 0 Å². The highest BCUT2D eigenvalue weighted by atomic mass is 16.7. The topological polar surface area (TPSA) is 91.7 Å². The summed E-state index contributed by atoms with van der Waals surface area (Å²) < 4.78 is 17.3. The summed E-state index contributed by atoms with van der Waals surface area (Å²) in [5.74, 6) is 0.0203. The van der Waals surface area contributed by atoms with Crippen molar-refractivity contribution in [2.45, 2.75) is 26.9 Å². The van der Waals surface area contributed by atoms with Gasteiger partial charge in [0.1, 0.15) is 0 Å². The van der Waals surface area contributed by atoms with Gasteiger partial charge >= 0.3 is 5.97 Å². The van der Waals surface area contributed by atoms with Gasteiger partial charge in [-0.1, -0.05) is 0 Å². The molecular weight excluding hydrogens is 326 g/mol. The van der Waals surface area contributed by atoms with E-state index < -0.39 is 18.0 Å². The molecule has 0 aliphatic carbocycles. The molecule has 0 bridgehead atoms. The normalized spacial score (nSPS) is 13.4. The van der Waals surface area contributed by atoms with E-state index in [0.29, 0.717) is 22.9 Å². The van der Waals surface area contributed by atoms with E-state index >= 15 is 0 Å². The van der Waals surface area contributed by atoms with Crippen LogP contribution in [-0.2, 0) is 16.6 Å². The summed E-state index contributed by atoms with van der Waals surface area (Å²) in [4.78, 5) is 24.5. The Kier molecular flexibility index (Phi) is 4.35. The van der Waals surface area contributed by atoms with Crippen molar-refractivity contribution in [2.24, 2.45) is 7.05 Å². The molecule has 0 unspecified atom stereocenters. The highest BCUT2D eigenvalue weighted by molar-refractivity contribution is 5.98. The van der Waals surface area contributed by atoms with Gasteiger partial charge in [-0.2, -0.15) is 5.10 Å². The molecule has 0 saturated heterocycles. The maximum atomic E-state index is 12.3. The van der Waals surface area contributed by atoms with Gasteiger partial charge in [-0.3, -0.25) is 9.48 Å². The molecule has 2 heterocycles. The Morgan fingerprint density at radius 1 is 1.28 bits per heavy atom. The number of aromatic nitrogens is 2. The summed E-state index contributed by atoms with van der Waals surface area (Å²) in [7, 11) is 1.79. The third-order valence-electron chi connectivity index (χ3n) is 4.02. The number of amides is 1. The maximum Gasteiger partial charge on any atom is 0.339 e. The van der Waals surface area contributed by atoms with Gasteiger partial charge in [0.15, 0.2) is 17.6 Å². The lowest BCUT2D eigenvalue weighted by molar-refractivity contribution is -0.123. The molecule has 1 aromatic heterocycles. The van der Waals surface area contributed by atoms with Crippen molar-refractivity contribution in [1.82, 2.24) is 9.78 Å². The molecule has 8 nitrogen and oxygen atoms in total. The number of benzene rings is 1. The SMILES string of the molecule is Cc1nn(C)c(C)c1NC(=O)[C@@H](C)OC(=O)c1ccc2c(c1)OCO2. The van der Waals surface area contributed by atoms with Gasteiger partial charge in [0.25, 0.3) is 5.91 Å². The molecule has 25 heavy (non-hydrogen) atoms. The number of rotatable bonds is 4. The van der Waals surface area contributed by atoms with Gasteiger partial charge in [-0.05, 0) is 39.0 Å². The van der Waals surface area contributed by atoms with Gasteiger partial charge in [-0.15, -0.1) is 0 Å². The van der Waals surface area contributed by atoms with Crippen LogP contribution in [0.2, 0.25) is 0 Å². The number of nitrogens with one attached hydrogen (secondary N) is 1. The van der Waals surface area contributed by atoms with Crippen molar-refractivity contribution in [2.75, 3.05) is 12.1 Å². The summed E-state index contributed by atoms with van der Waals surface area (Å²) in [6.07, 6.45) is -0.961. The fourth-order valence-corrected chi connectivity index (χ4v) is 2.48. The van der Waals surface area contributed by atoms with Crippen molar-refractivity contribution in [3.05, 3.63) is 35.2 Å². The van der Waals surface area contributed by atoms with Gasteiger partial charge in [-0.25, -0.2) is 4.79 Å². The number of hydrogen-bond donors (Lipinski definition) is 1. The van der Waals surface area contributed by atoms with E-state index in [-0.39, 0.29) is 12.4 Å². The monoisotopic (exact) mass is 345 g/mol. The van der Waals surface area contributed by atoms with Crippen molar-refractivity contribution in [3.63, 3.8) is 0 Å². The minimum atomic E-state index is -0.961. The van der Waals surface area contributed by atoms with Crippen LogP contribution in [0.25, 0.3) is 0 Å². The fraction of sp³-hybridized carbons (Fsp3) is 0.353. The van der Waals surface area contributed by atoms with Gasteiger partial charge in [0.05, 0.1) is 22.6 Å². The van der Waals surface area contributed by atoms with Crippen LogP contribution in [0.4, 0.5) is 5.69 Å². The van der Waals surface area contributed by atoms with E-state index in [0.717, 1.165) is 5.69 Å². The van der Waals surface area contributed by atoms with E-state index in [9.17, 15) is 9.59 Å². The van der Waals surface area contributed by atoms with Gasteiger partial charge < -0.3 is 19.5 Å². The number of carbonyl (C=O) groups is 2. The quantitative estimate of drug-likeness (QED) is 0.852. The minimum absolute atomic E-state index is 0.121. The first-order valence-electron chi connectivity index (χ1n) is 7.78. The molecule has 1 aliphatic rings. The zero-order chi connectivity index (χ0) is 18.1. The zero-order valence-electron chi connectivity index (χ0n) is 14.5. The largest absolute Gasteiger partial charge is 0.454 e. The average molecular weight is 345 g/mol. The maximum absolute atomic E-state index is 12.3. The minimum Gasteiger partial charge on any atom is -0.454 e. The Balaban J connectivity index is 1.66. The lowest BCUT2D eigenvalue weighted by Crippen LogP contribution is -2.30. The Bertz CT molecular complexity index is 843. The van der Waals surface area contributed by atoms with Crippen LogP contribution in [0.15, 0.2) is 18.2 Å². The number of nitrogens with zero attached hydrogens (tertiary/aromatic N) is 2. The first kappa shape index (κ1) is 16.8. The second-order valence-electron chi connectivity index (χ2n) is 5.77. The predicted octanol–water partition coefficient (Wildman–Crippen LogP) is 1.95. The van der Waals surface area contributed by atoms with Crippen molar-refractivity contribution in [3.8, 4) is 11.5 Å². The molecular formula is C17H19N3O5. The lowest BCUT2D eigenvalue weighted by Gasteiger charge is -2.14. The first-order chi connectivity index (χ1) is 11.9. The van der Waals surface area contributed by atoms with E-state index in [1.54, 1.807) is 30.8 Å². The molecule has 0 spiro atoms. The molecule has 1 amide bonds. The number of hydrogen-bond acceptors (Lipinski definition) is 6. The van der Waals surface area contributed by atoms with Gasteiger partial charge in [0, 0.05) is 7.05 Å². The van der Waals surface area contributed by atoms with Crippen LogP contribution in [0, 0.1) is 13.8 Å². The molecule has 132 valence electrons. The van der Waals surface area contributed by atoms with Gasteiger partial charge in [0.2, 0.25) is 6.79 Å². The fourth-order valence-electron chi connectivity index (χ4n) is 2.48. The third kappa shape index (κ3) is 3.28. The zero-order valence-corrected chi connectivity index (χ0v) is 14.5. The molecule has 1 aliphatic heterocycles. The van der Waals surface area contributed by atoms with E-state index in [2.05, 4.69) is 10.4 Å². The molecule has 0 radical (unpaired) electrons. The number of anilines is 1. The number of esters is 1. The molecule has 1 N–H and O–H groups in total. The Hall–Kier alpha value is -3.03. The standard InChI is InChI=1S/C17H19N3O5/c1-9-15(10(2)20(4)19-9)18-16(21)11(3)25-17(22)12-5-6-13-14(7-12)24-8-23-13/h5-7,11H,8H2,1-4H3,(H,18,21)/t11-/m1/s1. The van der Waals surface area contributed by atoms with E-state index in [1.807, 2.05) is 6.92 Å². The Morgan fingerprint density at radius 2 is 2.00 bits per heavy atom. The number of aryl methyl sites for hydroxylation is 2. The van der Waals surface area contributed by atoms with Crippen LogP contribution in [0.3, 0.4) is 0 Å². The van der Waals surface area contributed by atoms with Crippen LogP contribution in [0.5, 0.6) is 11.5 Å². The second-order valence-corrected chi connectivity index (χ2v) is 5.77. The van der Waals surface area contributed by atoms with Crippen LogP contribution in [0.1, 0.15) is 28.7 Å². The second kappa shape index (κ2) is 6.46. The smallest absolute Gasteiger partial charge is 0.339 e. The summed E-state index contributed by atoms with van der Waals surface area (Å²) in [5, 5.41) is 6.99. The summed E-state index contributed by atoms with van der Waals surface area (Å²) in [6.45, 7) is 5.28. The van der Waals surface area contributed by atoms with Crippen LogP contribution < -0.4 is 14.8 Å². The molecule has 3 rings (SSSR count). The molecule has 0 saturated carbocycles. The summed E-state index contributed by atoms with van der Waals surface area (Å²) >= 11 is 0. The van der Waals surface area contributed by atoms with Crippen molar-refractivity contribution < 1.29 is 23.8 Å².